The lowest BCUT2D eigenvalue weighted by atomic mass is 9.84. The molecule has 0 spiro atoms. The molecule has 108 valence electrons. The van der Waals surface area contributed by atoms with Gasteiger partial charge in [0, 0.05) is 12.8 Å². The first-order chi connectivity index (χ1) is 8.73. The molecule has 0 heterocycles. The summed E-state index contributed by atoms with van der Waals surface area (Å²) in [4.78, 5) is 34.8. The molecule has 1 aliphatic carbocycles. The fourth-order valence-corrected chi connectivity index (χ4v) is 2.05. The lowest BCUT2D eigenvalue weighted by Crippen LogP contribution is -2.48. The number of amides is 1. The summed E-state index contributed by atoms with van der Waals surface area (Å²) in [5, 5.41) is 2.59. The van der Waals surface area contributed by atoms with Crippen molar-refractivity contribution < 1.29 is 23.9 Å². The third kappa shape index (κ3) is 4.89. The van der Waals surface area contributed by atoms with Crippen molar-refractivity contribution in [2.45, 2.75) is 51.7 Å². The van der Waals surface area contributed by atoms with Crippen LogP contribution in [0.1, 0.15) is 40.0 Å². The molecule has 0 aromatic carbocycles. The monoisotopic (exact) mass is 271 g/mol. The predicted octanol–water partition coefficient (Wildman–Crippen LogP) is 1.42. The van der Waals surface area contributed by atoms with Crippen molar-refractivity contribution in [3.05, 3.63) is 0 Å². The number of ether oxygens (including phenoxy) is 2. The van der Waals surface area contributed by atoms with E-state index in [9.17, 15) is 14.4 Å². The fraction of sp³-hybridized carbons (Fsp3) is 0.769. The van der Waals surface area contributed by atoms with E-state index in [1.807, 2.05) is 0 Å². The summed E-state index contributed by atoms with van der Waals surface area (Å²) in [6.45, 7) is 5.24. The second kappa shape index (κ2) is 6.04. The van der Waals surface area contributed by atoms with Gasteiger partial charge in [-0.2, -0.15) is 0 Å². The van der Waals surface area contributed by atoms with E-state index in [0.717, 1.165) is 0 Å². The van der Waals surface area contributed by atoms with Crippen molar-refractivity contribution in [1.82, 2.24) is 5.32 Å². The maximum atomic E-state index is 11.7. The van der Waals surface area contributed by atoms with E-state index < -0.39 is 29.6 Å². The maximum absolute atomic E-state index is 11.7. The molecule has 0 bridgehead atoms. The van der Waals surface area contributed by atoms with Gasteiger partial charge in [-0.3, -0.25) is 9.59 Å². The van der Waals surface area contributed by atoms with Gasteiger partial charge in [0.1, 0.15) is 11.4 Å². The summed E-state index contributed by atoms with van der Waals surface area (Å²) in [5.41, 5.74) is -0.622. The topological polar surface area (TPSA) is 81.7 Å². The molecule has 1 rings (SSSR count). The van der Waals surface area contributed by atoms with Crippen LogP contribution < -0.4 is 5.32 Å². The number of esters is 1. The third-order valence-electron chi connectivity index (χ3n) is 2.87. The summed E-state index contributed by atoms with van der Waals surface area (Å²) in [6, 6.07) is -0.552. The minimum atomic E-state index is -0.624. The quantitative estimate of drug-likeness (QED) is 0.768. The molecule has 1 saturated carbocycles. The molecule has 1 aliphatic rings. The van der Waals surface area contributed by atoms with Crippen molar-refractivity contribution in [1.29, 1.82) is 0 Å². The molecule has 1 amide bonds. The largest absolute Gasteiger partial charge is 0.469 e. The fourth-order valence-electron chi connectivity index (χ4n) is 2.05. The molecule has 0 radical (unpaired) electrons. The zero-order valence-corrected chi connectivity index (χ0v) is 11.8. The Kier molecular flexibility index (Phi) is 4.91. The minimum Gasteiger partial charge on any atom is -0.469 e. The van der Waals surface area contributed by atoms with Crippen LogP contribution in [0, 0.1) is 5.92 Å². The predicted molar refractivity (Wildman–Crippen MR) is 67.5 cm³/mol. The van der Waals surface area contributed by atoms with Crippen molar-refractivity contribution in [2.75, 3.05) is 7.11 Å². The van der Waals surface area contributed by atoms with Gasteiger partial charge >= 0.3 is 12.1 Å². The number of alkyl carbamates (subject to hydrolysis) is 1. The molecule has 1 N–H and O–H groups in total. The molecule has 2 atom stereocenters. The van der Waals surface area contributed by atoms with Crippen LogP contribution in [0.4, 0.5) is 4.79 Å². The van der Waals surface area contributed by atoms with Crippen LogP contribution in [-0.2, 0) is 19.1 Å². The van der Waals surface area contributed by atoms with E-state index >= 15 is 0 Å². The van der Waals surface area contributed by atoms with Crippen molar-refractivity contribution >= 4 is 17.8 Å². The summed E-state index contributed by atoms with van der Waals surface area (Å²) in [5.74, 6) is -0.870. The molecular weight excluding hydrogens is 250 g/mol. The Morgan fingerprint density at radius 2 is 1.95 bits per heavy atom. The summed E-state index contributed by atoms with van der Waals surface area (Å²) < 4.78 is 9.82. The van der Waals surface area contributed by atoms with Gasteiger partial charge in [0.05, 0.1) is 19.1 Å². The molecule has 0 aromatic heterocycles. The summed E-state index contributed by atoms with van der Waals surface area (Å²) >= 11 is 0. The van der Waals surface area contributed by atoms with Crippen LogP contribution in [0.5, 0.6) is 0 Å². The maximum Gasteiger partial charge on any atom is 0.407 e. The SMILES string of the molecule is COC(=O)C1CCC(=O)CC1NC(=O)OC(C)(C)C. The Morgan fingerprint density at radius 1 is 1.32 bits per heavy atom. The summed E-state index contributed by atoms with van der Waals surface area (Å²) in [7, 11) is 1.29. The normalized spacial score (nSPS) is 23.7. The molecule has 19 heavy (non-hydrogen) atoms. The highest BCUT2D eigenvalue weighted by Crippen LogP contribution is 2.24. The van der Waals surface area contributed by atoms with Crippen molar-refractivity contribution in [3.8, 4) is 0 Å². The molecule has 6 heteroatoms. The molecule has 0 aliphatic heterocycles. The third-order valence-corrected chi connectivity index (χ3v) is 2.87. The van der Waals surface area contributed by atoms with Gasteiger partial charge in [-0.25, -0.2) is 4.79 Å². The van der Waals surface area contributed by atoms with Crippen molar-refractivity contribution in [3.63, 3.8) is 0 Å². The highest BCUT2D eigenvalue weighted by molar-refractivity contribution is 5.85. The molecule has 1 fully saturated rings. The number of carbonyl (C=O) groups excluding carboxylic acids is 3. The van der Waals surface area contributed by atoms with Crippen molar-refractivity contribution in [2.24, 2.45) is 5.92 Å². The lowest BCUT2D eigenvalue weighted by molar-refractivity contribution is -0.148. The van der Waals surface area contributed by atoms with Gasteiger partial charge in [-0.15, -0.1) is 0 Å². The van der Waals surface area contributed by atoms with E-state index in [-0.39, 0.29) is 12.2 Å². The summed E-state index contributed by atoms with van der Waals surface area (Å²) in [6.07, 6.45) is 0.248. The number of hydrogen-bond donors (Lipinski definition) is 1. The smallest absolute Gasteiger partial charge is 0.407 e. The van der Waals surface area contributed by atoms with Crippen LogP contribution in [0.3, 0.4) is 0 Å². The van der Waals surface area contributed by atoms with Crippen LogP contribution >= 0.6 is 0 Å². The van der Waals surface area contributed by atoms with E-state index in [4.69, 9.17) is 9.47 Å². The van der Waals surface area contributed by atoms with Crippen LogP contribution in [0.15, 0.2) is 0 Å². The van der Waals surface area contributed by atoms with Crippen LogP contribution in [-0.4, -0.2) is 36.6 Å². The van der Waals surface area contributed by atoms with Crippen LogP contribution in [0.25, 0.3) is 0 Å². The molecule has 6 nitrogen and oxygen atoms in total. The number of Topliss-reactive ketones (excluding diaryl/α,β-unsaturated/α-hetero) is 1. The highest BCUT2D eigenvalue weighted by Gasteiger charge is 2.36. The highest BCUT2D eigenvalue weighted by atomic mass is 16.6. The van der Waals surface area contributed by atoms with E-state index in [1.165, 1.54) is 7.11 Å². The Morgan fingerprint density at radius 3 is 2.47 bits per heavy atom. The lowest BCUT2D eigenvalue weighted by Gasteiger charge is -2.30. The molecule has 2 unspecified atom stereocenters. The number of carbonyl (C=O) groups is 3. The second-order valence-corrected chi connectivity index (χ2v) is 5.66. The van der Waals surface area contributed by atoms with Gasteiger partial charge in [0.2, 0.25) is 0 Å². The van der Waals surface area contributed by atoms with Crippen LogP contribution in [0.2, 0.25) is 0 Å². The first-order valence-corrected chi connectivity index (χ1v) is 6.32. The number of ketones is 1. The number of hydrogen-bond acceptors (Lipinski definition) is 5. The van der Waals surface area contributed by atoms with Gasteiger partial charge in [0.15, 0.2) is 0 Å². The number of methoxy groups -OCH3 is 1. The Balaban J connectivity index is 2.67. The average molecular weight is 271 g/mol. The number of rotatable bonds is 2. The molecule has 0 saturated heterocycles. The molecular formula is C13H21NO5. The standard InChI is InChI=1S/C13H21NO5/c1-13(2,3)19-12(17)14-10-7-8(15)5-6-9(10)11(16)18-4/h9-10H,5-7H2,1-4H3,(H,14,17). The Hall–Kier alpha value is -1.59. The van der Waals surface area contributed by atoms with Gasteiger partial charge < -0.3 is 14.8 Å². The molecule has 0 aromatic rings. The van der Waals surface area contributed by atoms with E-state index in [0.29, 0.717) is 12.8 Å². The van der Waals surface area contributed by atoms with Gasteiger partial charge in [-0.05, 0) is 27.2 Å². The van der Waals surface area contributed by atoms with Gasteiger partial charge in [0.25, 0.3) is 0 Å². The van der Waals surface area contributed by atoms with Gasteiger partial charge in [-0.1, -0.05) is 0 Å². The zero-order chi connectivity index (χ0) is 14.6. The zero-order valence-electron chi connectivity index (χ0n) is 11.8. The first kappa shape index (κ1) is 15.5. The van der Waals surface area contributed by atoms with E-state index in [2.05, 4.69) is 5.32 Å². The number of nitrogens with one attached hydrogen (secondary N) is 1. The van der Waals surface area contributed by atoms with E-state index in [1.54, 1.807) is 20.8 Å². The Bertz CT molecular complexity index is 372. The Labute approximate surface area is 112 Å². The average Bonchev–Trinajstić information content (AvgIpc) is 2.25. The minimum absolute atomic E-state index is 0.0289. The second-order valence-electron chi connectivity index (χ2n) is 5.66. The first-order valence-electron chi connectivity index (χ1n) is 6.32.